The van der Waals surface area contributed by atoms with Crippen LogP contribution >= 0.6 is 0 Å². The summed E-state index contributed by atoms with van der Waals surface area (Å²) in [5.74, 6) is 0.112. The third kappa shape index (κ3) is 6.48. The molecule has 0 unspecified atom stereocenters. The van der Waals surface area contributed by atoms with Crippen molar-refractivity contribution >= 4 is 27.3 Å². The zero-order valence-electron chi connectivity index (χ0n) is 17.7. The summed E-state index contributed by atoms with van der Waals surface area (Å²) in [5, 5.41) is 2.59. The number of anilines is 2. The van der Waals surface area contributed by atoms with Gasteiger partial charge < -0.3 is 10.1 Å². The highest BCUT2D eigenvalue weighted by Crippen LogP contribution is 2.31. The second-order valence-electron chi connectivity index (χ2n) is 7.29. The highest BCUT2D eigenvalue weighted by Gasteiger charge is 2.30. The number of ether oxygens (including phenoxy) is 1. The second kappa shape index (κ2) is 9.53. The third-order valence-corrected chi connectivity index (χ3v) is 6.14. The van der Waals surface area contributed by atoms with Crippen LogP contribution in [0, 0.1) is 13.8 Å². The summed E-state index contributed by atoms with van der Waals surface area (Å²) in [5.41, 5.74) is 1.28. The Morgan fingerprint density at radius 2 is 1.61 bits per heavy atom. The Bertz CT molecular complexity index is 1260. The molecular formula is C23H21F3N2O4S. The molecule has 0 spiro atoms. The van der Waals surface area contributed by atoms with E-state index in [1.807, 2.05) is 26.0 Å². The summed E-state index contributed by atoms with van der Waals surface area (Å²) < 4.78 is 71.1. The van der Waals surface area contributed by atoms with E-state index in [2.05, 4.69) is 10.0 Å². The molecule has 2 N–H and O–H groups in total. The van der Waals surface area contributed by atoms with Crippen LogP contribution in [0.3, 0.4) is 0 Å². The Morgan fingerprint density at radius 1 is 0.909 bits per heavy atom. The fraction of sp³-hybridized carbons (Fsp3) is 0.174. The lowest BCUT2D eigenvalue weighted by Gasteiger charge is -2.12. The van der Waals surface area contributed by atoms with E-state index >= 15 is 0 Å². The Labute approximate surface area is 189 Å². The van der Waals surface area contributed by atoms with E-state index in [1.54, 1.807) is 6.07 Å². The van der Waals surface area contributed by atoms with Crippen molar-refractivity contribution in [1.29, 1.82) is 0 Å². The van der Waals surface area contributed by atoms with E-state index in [9.17, 15) is 26.4 Å². The van der Waals surface area contributed by atoms with Crippen molar-refractivity contribution in [1.82, 2.24) is 0 Å². The summed E-state index contributed by atoms with van der Waals surface area (Å²) in [6.45, 7) is 3.66. The van der Waals surface area contributed by atoms with Crippen LogP contribution < -0.4 is 14.8 Å². The van der Waals surface area contributed by atoms with Crippen molar-refractivity contribution in [3.05, 3.63) is 83.4 Å². The molecule has 0 aliphatic rings. The molecule has 0 saturated heterocycles. The zero-order chi connectivity index (χ0) is 24.2. The molecule has 0 fully saturated rings. The third-order valence-electron chi connectivity index (χ3n) is 4.74. The zero-order valence-corrected chi connectivity index (χ0v) is 18.5. The van der Waals surface area contributed by atoms with Crippen molar-refractivity contribution in [3.63, 3.8) is 0 Å². The fourth-order valence-corrected chi connectivity index (χ4v) is 3.89. The standard InChI is InChI=1S/C23H21F3N2O4S/c1-15-6-9-20(12-16(15)2)32-14-22(29)27-18-7-10-21(11-8-18)33(30,31)28-19-5-3-4-17(13-19)23(24,25)26/h3-13,28H,14H2,1-2H3,(H,27,29). The summed E-state index contributed by atoms with van der Waals surface area (Å²) in [4.78, 5) is 11.9. The van der Waals surface area contributed by atoms with Crippen molar-refractivity contribution in [2.45, 2.75) is 24.9 Å². The van der Waals surface area contributed by atoms with E-state index < -0.39 is 27.7 Å². The highest BCUT2D eigenvalue weighted by molar-refractivity contribution is 7.92. The lowest BCUT2D eigenvalue weighted by molar-refractivity contribution is -0.137. The Balaban J connectivity index is 1.61. The number of hydrogen-bond donors (Lipinski definition) is 2. The van der Waals surface area contributed by atoms with Gasteiger partial charge in [0.15, 0.2) is 6.61 Å². The second-order valence-corrected chi connectivity index (χ2v) is 8.97. The molecule has 33 heavy (non-hydrogen) atoms. The quantitative estimate of drug-likeness (QED) is 0.493. The number of benzene rings is 3. The first-order valence-electron chi connectivity index (χ1n) is 9.74. The maximum Gasteiger partial charge on any atom is 0.416 e. The predicted molar refractivity (Wildman–Crippen MR) is 119 cm³/mol. The largest absolute Gasteiger partial charge is 0.484 e. The minimum Gasteiger partial charge on any atom is -0.484 e. The van der Waals surface area contributed by atoms with Crippen LogP contribution in [0.25, 0.3) is 0 Å². The van der Waals surface area contributed by atoms with Crippen LogP contribution in [-0.2, 0) is 21.0 Å². The molecule has 0 atom stereocenters. The number of halogens is 3. The average Bonchev–Trinajstić information content (AvgIpc) is 2.74. The van der Waals surface area contributed by atoms with Crippen molar-refractivity contribution in [3.8, 4) is 5.75 Å². The van der Waals surface area contributed by atoms with E-state index in [1.165, 1.54) is 30.3 Å². The van der Waals surface area contributed by atoms with Crippen LogP contribution in [0.1, 0.15) is 16.7 Å². The maximum atomic E-state index is 12.8. The predicted octanol–water partition coefficient (Wildman–Crippen LogP) is 5.14. The minimum absolute atomic E-state index is 0.177. The Morgan fingerprint density at radius 3 is 2.24 bits per heavy atom. The minimum atomic E-state index is -4.59. The molecule has 0 aliphatic carbocycles. The summed E-state index contributed by atoms with van der Waals surface area (Å²) in [7, 11) is -4.13. The number of amides is 1. The number of rotatable bonds is 7. The van der Waals surface area contributed by atoms with Crippen LogP contribution in [0.4, 0.5) is 24.5 Å². The smallest absolute Gasteiger partial charge is 0.416 e. The number of carbonyl (C=O) groups is 1. The van der Waals surface area contributed by atoms with Gasteiger partial charge in [-0.05, 0) is 79.6 Å². The number of aryl methyl sites for hydroxylation is 2. The molecular weight excluding hydrogens is 457 g/mol. The van der Waals surface area contributed by atoms with Gasteiger partial charge in [-0.3, -0.25) is 9.52 Å². The molecule has 0 aliphatic heterocycles. The first-order chi connectivity index (χ1) is 15.4. The van der Waals surface area contributed by atoms with Crippen LogP contribution in [-0.4, -0.2) is 20.9 Å². The van der Waals surface area contributed by atoms with Gasteiger partial charge in [-0.25, -0.2) is 8.42 Å². The Kier molecular flexibility index (Phi) is 6.97. The molecule has 0 saturated carbocycles. The van der Waals surface area contributed by atoms with Gasteiger partial charge in [-0.2, -0.15) is 13.2 Å². The van der Waals surface area contributed by atoms with Crippen molar-refractivity contribution in [2.24, 2.45) is 0 Å². The van der Waals surface area contributed by atoms with Gasteiger partial charge in [0.05, 0.1) is 10.5 Å². The fourth-order valence-electron chi connectivity index (χ4n) is 2.84. The lowest BCUT2D eigenvalue weighted by atomic mass is 10.1. The molecule has 3 rings (SSSR count). The summed E-state index contributed by atoms with van der Waals surface area (Å²) in [6.07, 6.45) is -4.59. The average molecular weight is 478 g/mol. The molecule has 3 aromatic carbocycles. The van der Waals surface area contributed by atoms with Gasteiger partial charge >= 0.3 is 6.18 Å². The van der Waals surface area contributed by atoms with E-state index in [4.69, 9.17) is 4.74 Å². The van der Waals surface area contributed by atoms with Crippen molar-refractivity contribution < 1.29 is 31.1 Å². The number of alkyl halides is 3. The lowest BCUT2D eigenvalue weighted by Crippen LogP contribution is -2.20. The number of nitrogens with one attached hydrogen (secondary N) is 2. The normalized spacial score (nSPS) is 11.7. The van der Waals surface area contributed by atoms with Gasteiger partial charge in [-0.15, -0.1) is 0 Å². The molecule has 174 valence electrons. The van der Waals surface area contributed by atoms with E-state index in [-0.39, 0.29) is 17.2 Å². The van der Waals surface area contributed by atoms with Crippen LogP contribution in [0.2, 0.25) is 0 Å². The first-order valence-corrected chi connectivity index (χ1v) is 11.2. The van der Waals surface area contributed by atoms with Gasteiger partial charge in [0, 0.05) is 11.4 Å². The topological polar surface area (TPSA) is 84.5 Å². The molecule has 6 nitrogen and oxygen atoms in total. The van der Waals surface area contributed by atoms with Gasteiger partial charge in [-0.1, -0.05) is 12.1 Å². The van der Waals surface area contributed by atoms with Crippen LogP contribution in [0.15, 0.2) is 71.6 Å². The molecule has 3 aromatic rings. The molecule has 0 heterocycles. The molecule has 0 aromatic heterocycles. The SMILES string of the molecule is Cc1ccc(OCC(=O)Nc2ccc(S(=O)(=O)Nc3cccc(C(F)(F)F)c3)cc2)cc1C. The maximum absolute atomic E-state index is 12.8. The highest BCUT2D eigenvalue weighted by atomic mass is 32.2. The number of hydrogen-bond acceptors (Lipinski definition) is 4. The Hall–Kier alpha value is -3.53. The molecule has 0 bridgehead atoms. The molecule has 0 radical (unpaired) electrons. The van der Waals surface area contributed by atoms with Crippen LogP contribution in [0.5, 0.6) is 5.75 Å². The molecule has 1 amide bonds. The number of sulfonamides is 1. The van der Waals surface area contributed by atoms with E-state index in [0.717, 1.165) is 23.3 Å². The van der Waals surface area contributed by atoms with Crippen molar-refractivity contribution in [2.75, 3.05) is 16.6 Å². The van der Waals surface area contributed by atoms with E-state index in [0.29, 0.717) is 17.5 Å². The van der Waals surface area contributed by atoms with Gasteiger partial charge in [0.1, 0.15) is 5.75 Å². The monoisotopic (exact) mass is 478 g/mol. The summed E-state index contributed by atoms with van der Waals surface area (Å²) in [6, 6.07) is 14.5. The molecule has 10 heteroatoms. The first kappa shape index (κ1) is 24.1. The number of carbonyl (C=O) groups excluding carboxylic acids is 1. The summed E-state index contributed by atoms with van der Waals surface area (Å²) >= 11 is 0. The van der Waals surface area contributed by atoms with Gasteiger partial charge in [0.25, 0.3) is 15.9 Å². The van der Waals surface area contributed by atoms with Gasteiger partial charge in [0.2, 0.25) is 0 Å².